The summed E-state index contributed by atoms with van der Waals surface area (Å²) in [5.74, 6) is -1.43. The summed E-state index contributed by atoms with van der Waals surface area (Å²) < 4.78 is 14.9. The molecule has 0 spiro atoms. The number of aryl methyl sites for hydroxylation is 1. The molecule has 0 aliphatic carbocycles. The third-order valence-corrected chi connectivity index (χ3v) is 3.12. The van der Waals surface area contributed by atoms with Crippen LogP contribution in [0, 0.1) is 28.8 Å². The van der Waals surface area contributed by atoms with E-state index in [1.807, 2.05) is 0 Å². The molecule has 1 heterocycles. The van der Waals surface area contributed by atoms with Crippen LogP contribution >= 0.6 is 0 Å². The number of halogens is 1. The van der Waals surface area contributed by atoms with E-state index in [-0.39, 0.29) is 23.8 Å². The fraction of sp³-hybridized carbons (Fsp3) is 0.286. The summed E-state index contributed by atoms with van der Waals surface area (Å²) in [6, 6.07) is 4.43. The summed E-state index contributed by atoms with van der Waals surface area (Å²) in [5.41, 5.74) is 0.799. The quantitative estimate of drug-likeness (QED) is 0.679. The molecule has 1 atom stereocenters. The summed E-state index contributed by atoms with van der Waals surface area (Å²) in [4.78, 5) is 22.1. The molecule has 1 aromatic heterocycles. The number of benzene rings is 1. The van der Waals surface area contributed by atoms with Crippen molar-refractivity contribution in [3.8, 4) is 0 Å². The van der Waals surface area contributed by atoms with Crippen LogP contribution in [0.3, 0.4) is 0 Å². The van der Waals surface area contributed by atoms with Crippen LogP contribution in [0.1, 0.15) is 12.5 Å². The molecule has 0 aliphatic heterocycles. The van der Waals surface area contributed by atoms with Crippen molar-refractivity contribution in [1.82, 2.24) is 9.78 Å². The minimum atomic E-state index is -0.559. The van der Waals surface area contributed by atoms with Gasteiger partial charge in [0.2, 0.25) is 5.91 Å². The Labute approximate surface area is 125 Å². The Balaban J connectivity index is 2.02. The summed E-state index contributed by atoms with van der Waals surface area (Å²) in [5, 5.41) is 16.9. The van der Waals surface area contributed by atoms with E-state index in [1.54, 1.807) is 26.0 Å². The number of aromatic nitrogens is 2. The number of amides is 1. The van der Waals surface area contributed by atoms with Crippen molar-refractivity contribution < 1.29 is 14.1 Å². The first kappa shape index (κ1) is 15.6. The molecule has 2 rings (SSSR count). The van der Waals surface area contributed by atoms with Gasteiger partial charge in [-0.2, -0.15) is 5.10 Å². The van der Waals surface area contributed by atoms with Gasteiger partial charge in [0.1, 0.15) is 18.2 Å². The van der Waals surface area contributed by atoms with Gasteiger partial charge in [0.15, 0.2) is 0 Å². The molecule has 1 amide bonds. The molecule has 0 unspecified atom stereocenters. The van der Waals surface area contributed by atoms with Gasteiger partial charge in [0, 0.05) is 0 Å². The van der Waals surface area contributed by atoms with Crippen molar-refractivity contribution in [2.45, 2.75) is 20.4 Å². The number of anilines is 1. The average Bonchev–Trinajstić information content (AvgIpc) is 2.91. The second-order valence-electron chi connectivity index (χ2n) is 5.05. The zero-order valence-corrected chi connectivity index (χ0v) is 12.1. The number of carbonyl (C=O) groups excluding carboxylic acids is 1. The van der Waals surface area contributed by atoms with Gasteiger partial charge in [-0.15, -0.1) is 0 Å². The topological polar surface area (TPSA) is 90.1 Å². The minimum Gasteiger partial charge on any atom is -0.323 e. The van der Waals surface area contributed by atoms with Crippen LogP contribution in [0.4, 0.5) is 15.8 Å². The van der Waals surface area contributed by atoms with E-state index >= 15 is 0 Å². The Morgan fingerprint density at radius 2 is 2.27 bits per heavy atom. The summed E-state index contributed by atoms with van der Waals surface area (Å²) in [7, 11) is 0. The van der Waals surface area contributed by atoms with Crippen LogP contribution in [0.25, 0.3) is 0 Å². The molecule has 2 aromatic rings. The fourth-order valence-electron chi connectivity index (χ4n) is 1.90. The van der Waals surface area contributed by atoms with Gasteiger partial charge in [0.05, 0.1) is 23.1 Å². The molecule has 22 heavy (non-hydrogen) atoms. The van der Waals surface area contributed by atoms with Crippen LogP contribution in [-0.2, 0) is 11.3 Å². The monoisotopic (exact) mass is 306 g/mol. The third kappa shape index (κ3) is 3.66. The van der Waals surface area contributed by atoms with E-state index in [4.69, 9.17) is 0 Å². The molecule has 0 radical (unpaired) electrons. The average molecular weight is 306 g/mol. The molecule has 1 aromatic carbocycles. The second-order valence-corrected chi connectivity index (χ2v) is 5.05. The van der Waals surface area contributed by atoms with Gasteiger partial charge in [0.25, 0.3) is 0 Å². The number of nitrogens with one attached hydrogen (secondary N) is 1. The molecule has 0 saturated heterocycles. The first-order chi connectivity index (χ1) is 10.4. The number of hydrogen-bond donors (Lipinski definition) is 1. The Morgan fingerprint density at radius 1 is 1.55 bits per heavy atom. The predicted octanol–water partition coefficient (Wildman–Crippen LogP) is 2.51. The Bertz CT molecular complexity index is 714. The van der Waals surface area contributed by atoms with Crippen LogP contribution < -0.4 is 5.32 Å². The molecule has 8 heteroatoms. The zero-order valence-electron chi connectivity index (χ0n) is 12.1. The van der Waals surface area contributed by atoms with Crippen LogP contribution in [-0.4, -0.2) is 20.6 Å². The maximum Gasteiger partial charge on any atom is 0.306 e. The molecular formula is C14H15FN4O3. The van der Waals surface area contributed by atoms with Crippen molar-refractivity contribution >= 4 is 17.3 Å². The largest absolute Gasteiger partial charge is 0.323 e. The van der Waals surface area contributed by atoms with Crippen molar-refractivity contribution in [1.29, 1.82) is 0 Å². The maximum absolute atomic E-state index is 13.6. The highest BCUT2D eigenvalue weighted by molar-refractivity contribution is 5.92. The molecule has 0 fully saturated rings. The zero-order chi connectivity index (χ0) is 16.3. The highest BCUT2D eigenvalue weighted by atomic mass is 19.1. The summed E-state index contributed by atoms with van der Waals surface area (Å²) in [6.07, 6.45) is 2.36. The Hall–Kier alpha value is -2.77. The lowest BCUT2D eigenvalue weighted by molar-refractivity contribution is -0.385. The molecular weight excluding hydrogens is 291 g/mol. The van der Waals surface area contributed by atoms with Gasteiger partial charge in [-0.05, 0) is 24.6 Å². The van der Waals surface area contributed by atoms with Crippen molar-refractivity contribution in [2.24, 2.45) is 5.92 Å². The number of hydrogen-bond acceptors (Lipinski definition) is 4. The molecule has 116 valence electrons. The summed E-state index contributed by atoms with van der Waals surface area (Å²) in [6.45, 7) is 3.59. The van der Waals surface area contributed by atoms with Gasteiger partial charge >= 0.3 is 5.69 Å². The highest BCUT2D eigenvalue weighted by Crippen LogP contribution is 2.17. The van der Waals surface area contributed by atoms with E-state index in [0.29, 0.717) is 0 Å². The van der Waals surface area contributed by atoms with Gasteiger partial charge < -0.3 is 5.32 Å². The standard InChI is InChI=1S/C14H15FN4O3/c1-9-3-4-12(15)13(5-9)17-14(20)10(2)7-18-8-11(6-16-18)19(21)22/h3-6,8,10H,7H2,1-2H3,(H,17,20)/t10-/m0/s1. The van der Waals surface area contributed by atoms with E-state index in [0.717, 1.165) is 11.8 Å². The lowest BCUT2D eigenvalue weighted by Gasteiger charge is -2.13. The van der Waals surface area contributed by atoms with Crippen molar-refractivity contribution in [3.05, 3.63) is 52.1 Å². The Morgan fingerprint density at radius 3 is 2.91 bits per heavy atom. The summed E-state index contributed by atoms with van der Waals surface area (Å²) >= 11 is 0. The van der Waals surface area contributed by atoms with Crippen molar-refractivity contribution in [3.63, 3.8) is 0 Å². The lowest BCUT2D eigenvalue weighted by Crippen LogP contribution is -2.25. The second kappa shape index (κ2) is 6.33. The predicted molar refractivity (Wildman–Crippen MR) is 77.8 cm³/mol. The lowest BCUT2D eigenvalue weighted by atomic mass is 10.1. The van der Waals surface area contributed by atoms with Gasteiger partial charge in [-0.1, -0.05) is 13.0 Å². The highest BCUT2D eigenvalue weighted by Gasteiger charge is 2.17. The molecule has 0 aliphatic rings. The number of rotatable bonds is 5. The Kier molecular flexibility index (Phi) is 4.50. The smallest absolute Gasteiger partial charge is 0.306 e. The SMILES string of the molecule is Cc1ccc(F)c(NC(=O)[C@@H](C)Cn2cc([N+](=O)[O-])cn2)c1. The number of carbonyl (C=O) groups is 1. The van der Waals surface area contributed by atoms with Crippen LogP contribution in [0.2, 0.25) is 0 Å². The number of nitrogens with zero attached hydrogens (tertiary/aromatic N) is 3. The van der Waals surface area contributed by atoms with Gasteiger partial charge in [-0.25, -0.2) is 4.39 Å². The molecule has 0 bridgehead atoms. The molecule has 0 saturated carbocycles. The van der Waals surface area contributed by atoms with E-state index < -0.39 is 16.7 Å². The van der Waals surface area contributed by atoms with Crippen LogP contribution in [0.15, 0.2) is 30.6 Å². The van der Waals surface area contributed by atoms with E-state index in [9.17, 15) is 19.3 Å². The molecule has 1 N–H and O–H groups in total. The fourth-order valence-corrected chi connectivity index (χ4v) is 1.90. The number of nitro groups is 1. The molecule has 7 nitrogen and oxygen atoms in total. The van der Waals surface area contributed by atoms with Crippen molar-refractivity contribution in [2.75, 3.05) is 5.32 Å². The minimum absolute atomic E-state index is 0.114. The van der Waals surface area contributed by atoms with E-state index in [1.165, 1.54) is 16.9 Å². The van der Waals surface area contributed by atoms with E-state index in [2.05, 4.69) is 10.4 Å². The first-order valence-electron chi connectivity index (χ1n) is 6.60. The normalized spacial score (nSPS) is 12.0. The first-order valence-corrected chi connectivity index (χ1v) is 6.60. The maximum atomic E-state index is 13.6. The third-order valence-electron chi connectivity index (χ3n) is 3.12. The van der Waals surface area contributed by atoms with Crippen LogP contribution in [0.5, 0.6) is 0 Å². The van der Waals surface area contributed by atoms with Gasteiger partial charge in [-0.3, -0.25) is 19.6 Å².